The summed E-state index contributed by atoms with van der Waals surface area (Å²) < 4.78 is 43.1. The van der Waals surface area contributed by atoms with E-state index in [-0.39, 0.29) is 46.2 Å². The van der Waals surface area contributed by atoms with Crippen molar-refractivity contribution < 1.29 is 27.9 Å². The molecule has 1 aliphatic heterocycles. The molecule has 1 atom stereocenters. The maximum absolute atomic E-state index is 14.4. The molecule has 0 saturated heterocycles. The number of amides is 2. The summed E-state index contributed by atoms with van der Waals surface area (Å²) in [4.78, 5) is 29.6. The number of alkyl halides is 3. The molecule has 0 aromatic heterocycles. The first-order valence-electron chi connectivity index (χ1n) is 12.7. The first-order valence-corrected chi connectivity index (χ1v) is 13.5. The van der Waals surface area contributed by atoms with Crippen molar-refractivity contribution in [1.82, 2.24) is 4.90 Å². The topological polar surface area (TPSA) is 86.9 Å². The van der Waals surface area contributed by atoms with Crippen LogP contribution in [0.3, 0.4) is 0 Å². The molecular weight excluding hydrogens is 578 g/mol. The quantitative estimate of drug-likeness (QED) is 0.436. The molecule has 1 unspecified atom stereocenters. The highest BCUT2D eigenvalue weighted by molar-refractivity contribution is 6.35. The maximum Gasteiger partial charge on any atom is 0.416 e. The van der Waals surface area contributed by atoms with E-state index >= 15 is 0 Å². The summed E-state index contributed by atoms with van der Waals surface area (Å²) in [5, 5.41) is 11.9. The zero-order chi connectivity index (χ0) is 27.1. The van der Waals surface area contributed by atoms with Gasteiger partial charge in [0.05, 0.1) is 11.3 Å². The van der Waals surface area contributed by atoms with Crippen LogP contribution in [0.15, 0.2) is 30.3 Å². The molecule has 1 heterocycles. The minimum atomic E-state index is -4.99. The van der Waals surface area contributed by atoms with Gasteiger partial charge in [0.25, 0.3) is 5.91 Å². The van der Waals surface area contributed by atoms with Crippen molar-refractivity contribution in [2.75, 3.05) is 11.4 Å². The fourth-order valence-electron chi connectivity index (χ4n) is 6.20. The Morgan fingerprint density at radius 3 is 2.21 bits per heavy atom. The molecule has 2 aromatic rings. The Morgan fingerprint density at radius 1 is 1.08 bits per heavy atom. The number of hydrogen-bond donors (Lipinski definition) is 2. The Kier molecular flexibility index (Phi) is 7.16. The summed E-state index contributed by atoms with van der Waals surface area (Å²) in [6.45, 7) is 0.110. The summed E-state index contributed by atoms with van der Waals surface area (Å²) in [6, 6.07) is 7.23. The lowest BCUT2D eigenvalue weighted by Gasteiger charge is -2.45. The smallest absolute Gasteiger partial charge is 0.372 e. The Balaban J connectivity index is 0.00000308. The van der Waals surface area contributed by atoms with Crippen molar-refractivity contribution in [2.24, 2.45) is 11.7 Å². The van der Waals surface area contributed by atoms with Gasteiger partial charge in [-0.1, -0.05) is 29.3 Å². The third-order valence-electron chi connectivity index (χ3n) is 8.25. The van der Waals surface area contributed by atoms with Crippen LogP contribution in [0.5, 0.6) is 0 Å². The fraction of sp³-hybridized carbons (Fsp3) is 0.481. The Hall–Kier alpha value is -2.04. The molecular formula is C27H27Cl3F3N3O3. The van der Waals surface area contributed by atoms with Gasteiger partial charge in [0.1, 0.15) is 0 Å². The lowest BCUT2D eigenvalue weighted by atomic mass is 9.78. The zero-order valence-corrected chi connectivity index (χ0v) is 23.0. The van der Waals surface area contributed by atoms with Crippen LogP contribution in [0, 0.1) is 5.92 Å². The predicted octanol–water partition coefficient (Wildman–Crippen LogP) is 5.52. The van der Waals surface area contributed by atoms with E-state index in [4.69, 9.17) is 28.9 Å². The zero-order valence-electron chi connectivity index (χ0n) is 20.7. The summed E-state index contributed by atoms with van der Waals surface area (Å²) >= 11 is 12.3. The lowest BCUT2D eigenvalue weighted by molar-refractivity contribution is -0.142. The molecule has 0 bridgehead atoms. The second-order valence-corrected chi connectivity index (χ2v) is 11.8. The van der Waals surface area contributed by atoms with Gasteiger partial charge >= 0.3 is 6.18 Å². The molecule has 12 heteroatoms. The summed E-state index contributed by atoms with van der Waals surface area (Å²) in [6.07, 6.45) is 1.42. The van der Waals surface area contributed by atoms with E-state index < -0.39 is 40.3 Å². The average Bonchev–Trinajstić information content (AvgIpc) is 3.73. The largest absolute Gasteiger partial charge is 0.416 e. The monoisotopic (exact) mass is 603 g/mol. The number of benzene rings is 2. The number of rotatable bonds is 7. The molecule has 3 saturated carbocycles. The number of aliphatic hydroxyl groups is 1. The third-order valence-corrected chi connectivity index (χ3v) is 8.79. The van der Waals surface area contributed by atoms with Gasteiger partial charge in [0.2, 0.25) is 5.91 Å². The number of nitrogens with zero attached hydrogens (tertiary/aromatic N) is 2. The van der Waals surface area contributed by atoms with Gasteiger partial charge in [0.15, 0.2) is 5.60 Å². The number of halogens is 6. The standard InChI is InChI=1S/C27H26Cl2F3N3O3.ClH/c28-15-1-6-19(21(29)11-15)26(38)23-20(27(30,31)32)9-14(24(33)36)10-22(23)34(25(26)37)12-13-7-18(8-13)35(16-2-3-16)17-4-5-17;/h1,6,9-11,13,16-18,38H,2-5,7-8,12H2,(H2,33,36);1H/t13-,18+,26?;. The molecule has 210 valence electrons. The highest BCUT2D eigenvalue weighted by Gasteiger charge is 2.57. The second kappa shape index (κ2) is 9.80. The maximum atomic E-state index is 14.4. The molecule has 39 heavy (non-hydrogen) atoms. The minimum absolute atomic E-state index is 0. The van der Waals surface area contributed by atoms with Crippen molar-refractivity contribution in [1.29, 1.82) is 0 Å². The van der Waals surface area contributed by atoms with E-state index in [1.54, 1.807) is 0 Å². The molecule has 3 N–H and O–H groups in total. The van der Waals surface area contributed by atoms with E-state index in [2.05, 4.69) is 4.90 Å². The number of anilines is 1. The van der Waals surface area contributed by atoms with Crippen LogP contribution in [0.2, 0.25) is 10.0 Å². The third kappa shape index (κ3) is 4.80. The fourth-order valence-corrected chi connectivity index (χ4v) is 6.75. The van der Waals surface area contributed by atoms with Gasteiger partial charge in [-0.25, -0.2) is 0 Å². The van der Waals surface area contributed by atoms with Crippen molar-refractivity contribution in [3.05, 3.63) is 62.6 Å². The van der Waals surface area contributed by atoms with Crippen LogP contribution >= 0.6 is 35.6 Å². The van der Waals surface area contributed by atoms with Crippen LogP contribution < -0.4 is 10.6 Å². The van der Waals surface area contributed by atoms with Gasteiger partial charge < -0.3 is 15.7 Å². The molecule has 4 aliphatic rings. The number of primary amides is 1. The highest BCUT2D eigenvalue weighted by Crippen LogP contribution is 2.53. The van der Waals surface area contributed by atoms with E-state index in [0.29, 0.717) is 24.2 Å². The first-order chi connectivity index (χ1) is 17.9. The van der Waals surface area contributed by atoms with Gasteiger partial charge in [-0.15, -0.1) is 12.4 Å². The normalized spacial score (nSPS) is 26.3. The van der Waals surface area contributed by atoms with Crippen LogP contribution in [0.4, 0.5) is 18.9 Å². The van der Waals surface area contributed by atoms with E-state index in [0.717, 1.165) is 18.9 Å². The lowest BCUT2D eigenvalue weighted by Crippen LogP contribution is -2.51. The molecule has 2 amide bonds. The van der Waals surface area contributed by atoms with E-state index in [1.807, 2.05) is 0 Å². The van der Waals surface area contributed by atoms with Gasteiger partial charge in [0, 0.05) is 51.4 Å². The van der Waals surface area contributed by atoms with Crippen LogP contribution in [0.1, 0.15) is 65.6 Å². The first kappa shape index (κ1) is 28.5. The molecule has 2 aromatic carbocycles. The van der Waals surface area contributed by atoms with Crippen LogP contribution in [-0.2, 0) is 16.6 Å². The minimum Gasteiger partial charge on any atom is -0.372 e. The summed E-state index contributed by atoms with van der Waals surface area (Å²) in [7, 11) is 0. The van der Waals surface area contributed by atoms with E-state index in [1.165, 1.54) is 48.8 Å². The number of nitrogens with two attached hydrogens (primary N) is 1. The highest BCUT2D eigenvalue weighted by atomic mass is 35.5. The second-order valence-electron chi connectivity index (χ2n) is 10.9. The summed E-state index contributed by atoms with van der Waals surface area (Å²) in [5.74, 6) is -1.99. The number of fused-ring (bicyclic) bond motifs is 1. The molecule has 0 spiro atoms. The number of carbonyl (C=O) groups is 2. The Labute approximate surface area is 239 Å². The van der Waals surface area contributed by atoms with Crippen molar-refractivity contribution in [3.8, 4) is 0 Å². The van der Waals surface area contributed by atoms with Crippen molar-refractivity contribution in [2.45, 2.75) is 68.4 Å². The average molecular weight is 605 g/mol. The van der Waals surface area contributed by atoms with Gasteiger partial charge in [-0.05, 0) is 68.7 Å². The SMILES string of the molecule is Cl.NC(=O)c1cc2c(c(C(F)(F)F)c1)C(O)(c1ccc(Cl)cc1Cl)C(=O)N2C[C@H]1C[C@@H](N(C2CC2)C2CC2)C1. The predicted molar refractivity (Wildman–Crippen MR) is 143 cm³/mol. The number of carbonyl (C=O) groups excluding carboxylic acids is 2. The van der Waals surface area contributed by atoms with Gasteiger partial charge in [-0.2, -0.15) is 13.2 Å². The Morgan fingerprint density at radius 2 is 1.69 bits per heavy atom. The van der Waals surface area contributed by atoms with Crippen LogP contribution in [0.25, 0.3) is 0 Å². The van der Waals surface area contributed by atoms with Gasteiger partial charge in [-0.3, -0.25) is 14.5 Å². The van der Waals surface area contributed by atoms with E-state index in [9.17, 15) is 27.9 Å². The van der Waals surface area contributed by atoms with Crippen LogP contribution in [-0.4, -0.2) is 46.5 Å². The summed E-state index contributed by atoms with van der Waals surface area (Å²) in [5.41, 5.74) is -0.128. The molecule has 0 radical (unpaired) electrons. The molecule has 3 aliphatic carbocycles. The van der Waals surface area contributed by atoms with Crippen molar-refractivity contribution >= 4 is 53.1 Å². The molecule has 3 fully saturated rings. The van der Waals surface area contributed by atoms with Crippen molar-refractivity contribution in [3.63, 3.8) is 0 Å². The molecule has 6 nitrogen and oxygen atoms in total. The number of hydrogen-bond acceptors (Lipinski definition) is 4. The molecule has 6 rings (SSSR count). The Bertz CT molecular complexity index is 1330.